The number of benzene rings is 1. The first kappa shape index (κ1) is 15.3. The van der Waals surface area contributed by atoms with E-state index in [1.807, 2.05) is 0 Å². The summed E-state index contributed by atoms with van der Waals surface area (Å²) in [4.78, 5) is 23.4. The van der Waals surface area contributed by atoms with Gasteiger partial charge in [0.1, 0.15) is 18.0 Å². The molecule has 120 valence electrons. The zero-order valence-electron chi connectivity index (χ0n) is 12.6. The van der Waals surface area contributed by atoms with Crippen molar-refractivity contribution >= 4 is 11.9 Å². The van der Waals surface area contributed by atoms with Gasteiger partial charge in [-0.1, -0.05) is 6.07 Å². The summed E-state index contributed by atoms with van der Waals surface area (Å²) in [5, 5.41) is 11.8. The third kappa shape index (κ3) is 2.97. The molecule has 0 radical (unpaired) electrons. The summed E-state index contributed by atoms with van der Waals surface area (Å²) in [5.74, 6) is -1.57. The van der Waals surface area contributed by atoms with E-state index in [-0.39, 0.29) is 35.5 Å². The summed E-state index contributed by atoms with van der Waals surface area (Å²) in [7, 11) is 0. The van der Waals surface area contributed by atoms with Crippen molar-refractivity contribution < 1.29 is 23.5 Å². The predicted molar refractivity (Wildman–Crippen MR) is 79.7 cm³/mol. The molecule has 0 aliphatic heterocycles. The molecule has 23 heavy (non-hydrogen) atoms. The molecule has 1 aromatic carbocycles. The molecule has 3 rings (SSSR count). The van der Waals surface area contributed by atoms with E-state index >= 15 is 0 Å². The first-order chi connectivity index (χ1) is 11.0. The van der Waals surface area contributed by atoms with E-state index in [2.05, 4.69) is 5.32 Å². The maximum atomic E-state index is 13.2. The molecular formula is C17H16FNO4. The maximum Gasteiger partial charge on any atom is 0.311 e. The lowest BCUT2D eigenvalue weighted by atomic mass is 10.1. The quantitative estimate of drug-likeness (QED) is 0.909. The molecule has 1 unspecified atom stereocenters. The summed E-state index contributed by atoms with van der Waals surface area (Å²) in [5.41, 5.74) is 2.66. The fraction of sp³-hybridized carbons (Fsp3) is 0.294. The Hall–Kier alpha value is -2.63. The van der Waals surface area contributed by atoms with Crippen molar-refractivity contribution in [3.8, 4) is 0 Å². The smallest absolute Gasteiger partial charge is 0.311 e. The minimum Gasteiger partial charge on any atom is -0.481 e. The van der Waals surface area contributed by atoms with E-state index in [0.717, 1.165) is 11.1 Å². The van der Waals surface area contributed by atoms with Gasteiger partial charge in [0.25, 0.3) is 5.91 Å². The average Bonchev–Trinajstić information content (AvgIpc) is 3.02. The van der Waals surface area contributed by atoms with Gasteiger partial charge in [-0.3, -0.25) is 9.59 Å². The van der Waals surface area contributed by atoms with Crippen molar-refractivity contribution in [1.82, 2.24) is 5.32 Å². The summed E-state index contributed by atoms with van der Waals surface area (Å²) in [6, 6.07) is 4.34. The molecule has 5 nitrogen and oxygen atoms in total. The molecule has 1 aliphatic carbocycles. The highest BCUT2D eigenvalue weighted by Gasteiger charge is 2.27. The van der Waals surface area contributed by atoms with Crippen LogP contribution in [0.1, 0.15) is 45.3 Å². The van der Waals surface area contributed by atoms with Crippen LogP contribution in [-0.2, 0) is 17.6 Å². The number of nitrogens with one attached hydrogen (secondary N) is 1. The summed E-state index contributed by atoms with van der Waals surface area (Å²) in [6.45, 7) is 1.70. The number of carboxylic acids is 1. The molecule has 0 saturated heterocycles. The van der Waals surface area contributed by atoms with Crippen molar-refractivity contribution in [3.63, 3.8) is 0 Å². The van der Waals surface area contributed by atoms with Crippen molar-refractivity contribution in [2.45, 2.75) is 32.2 Å². The number of rotatable bonds is 4. The Labute approximate surface area is 132 Å². The molecule has 6 heteroatoms. The molecule has 0 fully saturated rings. The fourth-order valence-electron chi connectivity index (χ4n) is 3.04. The van der Waals surface area contributed by atoms with E-state index in [9.17, 15) is 14.0 Å². The molecular weight excluding hydrogens is 301 g/mol. The van der Waals surface area contributed by atoms with Crippen LogP contribution in [0.25, 0.3) is 0 Å². The molecule has 1 amide bonds. The highest BCUT2D eigenvalue weighted by atomic mass is 19.1. The normalized spacial score (nSPS) is 16.2. The lowest BCUT2D eigenvalue weighted by Crippen LogP contribution is -2.28. The number of hydrogen-bond acceptors (Lipinski definition) is 3. The van der Waals surface area contributed by atoms with Crippen LogP contribution in [0.2, 0.25) is 0 Å². The monoisotopic (exact) mass is 317 g/mol. The van der Waals surface area contributed by atoms with E-state index in [0.29, 0.717) is 18.4 Å². The van der Waals surface area contributed by atoms with Crippen molar-refractivity contribution in [2.75, 3.05) is 0 Å². The number of carbonyl (C=O) groups is 2. The number of halogens is 1. The van der Waals surface area contributed by atoms with E-state index < -0.39 is 5.97 Å². The number of aliphatic carboxylic acids is 1. The molecule has 0 spiro atoms. The third-order valence-electron chi connectivity index (χ3n) is 4.08. The zero-order chi connectivity index (χ0) is 16.6. The van der Waals surface area contributed by atoms with Crippen LogP contribution in [0.5, 0.6) is 0 Å². The first-order valence-corrected chi connectivity index (χ1v) is 7.33. The topological polar surface area (TPSA) is 79.5 Å². The molecule has 0 saturated carbocycles. The second-order valence-corrected chi connectivity index (χ2v) is 5.70. The Kier molecular flexibility index (Phi) is 3.90. The van der Waals surface area contributed by atoms with Crippen LogP contribution >= 0.6 is 0 Å². The van der Waals surface area contributed by atoms with Crippen LogP contribution in [-0.4, -0.2) is 17.0 Å². The molecule has 0 bridgehead atoms. The summed E-state index contributed by atoms with van der Waals surface area (Å²) < 4.78 is 18.4. The Bertz CT molecular complexity index is 781. The van der Waals surface area contributed by atoms with E-state index in [4.69, 9.17) is 9.52 Å². The predicted octanol–water partition coefficient (Wildman–Crippen LogP) is 2.77. The summed E-state index contributed by atoms with van der Waals surface area (Å²) >= 11 is 0. The molecule has 2 N–H and O–H groups in total. The number of aryl methyl sites for hydroxylation is 2. The lowest BCUT2D eigenvalue weighted by molar-refractivity contribution is -0.136. The van der Waals surface area contributed by atoms with Crippen LogP contribution in [0.3, 0.4) is 0 Å². The van der Waals surface area contributed by atoms with Gasteiger partial charge >= 0.3 is 5.97 Å². The van der Waals surface area contributed by atoms with Crippen LogP contribution in [0.4, 0.5) is 4.39 Å². The van der Waals surface area contributed by atoms with Crippen molar-refractivity contribution in [2.24, 2.45) is 0 Å². The van der Waals surface area contributed by atoms with Gasteiger partial charge in [-0.05, 0) is 43.0 Å². The van der Waals surface area contributed by atoms with Crippen molar-refractivity contribution in [1.29, 1.82) is 0 Å². The molecule has 1 aromatic heterocycles. The SMILES string of the molecule is Cc1coc(CC(=O)O)c1C(=O)NC1CCc2cc(F)ccc21. The average molecular weight is 317 g/mol. The van der Waals surface area contributed by atoms with E-state index in [1.165, 1.54) is 18.4 Å². The molecule has 2 aromatic rings. The Morgan fingerprint density at radius 3 is 2.96 bits per heavy atom. The van der Waals surface area contributed by atoms with Gasteiger partial charge in [-0.15, -0.1) is 0 Å². The Balaban J connectivity index is 1.82. The van der Waals surface area contributed by atoms with Gasteiger partial charge in [0.15, 0.2) is 0 Å². The Morgan fingerprint density at radius 2 is 2.22 bits per heavy atom. The fourth-order valence-corrected chi connectivity index (χ4v) is 3.04. The molecule has 1 heterocycles. The number of carbonyl (C=O) groups excluding carboxylic acids is 1. The van der Waals surface area contributed by atoms with Gasteiger partial charge in [-0.2, -0.15) is 0 Å². The standard InChI is InChI=1S/C17H16FNO4/c1-9-8-23-14(7-15(20)21)16(9)17(22)19-13-5-2-10-6-11(18)3-4-12(10)13/h3-4,6,8,13H,2,5,7H2,1H3,(H,19,22)(H,20,21). The van der Waals surface area contributed by atoms with Gasteiger partial charge in [0.2, 0.25) is 0 Å². The van der Waals surface area contributed by atoms with Crippen LogP contribution in [0.15, 0.2) is 28.9 Å². The second kappa shape index (κ2) is 5.87. The van der Waals surface area contributed by atoms with Gasteiger partial charge in [0, 0.05) is 5.56 Å². The highest BCUT2D eigenvalue weighted by Crippen LogP contribution is 2.32. The van der Waals surface area contributed by atoms with Crippen molar-refractivity contribution in [3.05, 3.63) is 58.3 Å². The lowest BCUT2D eigenvalue weighted by Gasteiger charge is -2.14. The summed E-state index contributed by atoms with van der Waals surface area (Å²) in [6.07, 6.45) is 2.42. The number of fused-ring (bicyclic) bond motifs is 1. The van der Waals surface area contributed by atoms with Gasteiger partial charge in [0.05, 0.1) is 17.9 Å². The Morgan fingerprint density at radius 1 is 1.43 bits per heavy atom. The molecule has 1 aliphatic rings. The van der Waals surface area contributed by atoms with E-state index in [1.54, 1.807) is 13.0 Å². The highest BCUT2D eigenvalue weighted by molar-refractivity contribution is 5.97. The van der Waals surface area contributed by atoms with Gasteiger partial charge < -0.3 is 14.8 Å². The third-order valence-corrected chi connectivity index (χ3v) is 4.08. The van der Waals surface area contributed by atoms with Gasteiger partial charge in [-0.25, -0.2) is 4.39 Å². The first-order valence-electron chi connectivity index (χ1n) is 7.33. The maximum absolute atomic E-state index is 13.2. The van der Waals surface area contributed by atoms with Crippen LogP contribution < -0.4 is 5.32 Å². The minimum atomic E-state index is -1.06. The largest absolute Gasteiger partial charge is 0.481 e. The number of furan rings is 1. The number of hydrogen-bond donors (Lipinski definition) is 2. The van der Waals surface area contributed by atoms with Crippen LogP contribution in [0, 0.1) is 12.7 Å². The number of amides is 1. The minimum absolute atomic E-state index is 0.143. The zero-order valence-corrected chi connectivity index (χ0v) is 12.6. The second-order valence-electron chi connectivity index (χ2n) is 5.70. The number of carboxylic acid groups (broad SMARTS) is 1. The molecule has 1 atom stereocenters.